The topological polar surface area (TPSA) is 30.4 Å². The van der Waals surface area contributed by atoms with Gasteiger partial charge in [-0.15, -0.1) is 0 Å². The third-order valence-electron chi connectivity index (χ3n) is 1.95. The van der Waals surface area contributed by atoms with Crippen molar-refractivity contribution in [3.63, 3.8) is 0 Å². The van der Waals surface area contributed by atoms with E-state index in [1.54, 1.807) is 12.1 Å². The molecule has 1 aromatic carbocycles. The molecule has 0 aliphatic heterocycles. The summed E-state index contributed by atoms with van der Waals surface area (Å²) in [5.41, 5.74) is 8.09. The van der Waals surface area contributed by atoms with Crippen molar-refractivity contribution in [3.05, 3.63) is 35.2 Å². The van der Waals surface area contributed by atoms with E-state index in [0.717, 1.165) is 11.3 Å². The standard InChI is InChI=1S/C11H14N2/c1-11(2,3)9-7-8(12)5-6-10(9)13-4/h5-7H,12H2,1-3H3. The van der Waals surface area contributed by atoms with Crippen molar-refractivity contribution in [2.24, 2.45) is 0 Å². The highest BCUT2D eigenvalue weighted by molar-refractivity contribution is 5.61. The van der Waals surface area contributed by atoms with E-state index in [1.807, 2.05) is 6.07 Å². The lowest BCUT2D eigenvalue weighted by Crippen LogP contribution is -2.11. The Bertz CT molecular complexity index is 353. The van der Waals surface area contributed by atoms with Crippen LogP contribution >= 0.6 is 0 Å². The molecule has 0 aromatic heterocycles. The maximum atomic E-state index is 7.02. The summed E-state index contributed by atoms with van der Waals surface area (Å²) in [5, 5.41) is 0. The fraction of sp³-hybridized carbons (Fsp3) is 0.364. The van der Waals surface area contributed by atoms with Crippen molar-refractivity contribution in [2.75, 3.05) is 5.73 Å². The van der Waals surface area contributed by atoms with Crippen LogP contribution in [-0.2, 0) is 5.41 Å². The summed E-state index contributed by atoms with van der Waals surface area (Å²) in [6, 6.07) is 5.43. The number of nitrogens with zero attached hydrogens (tertiary/aromatic N) is 1. The summed E-state index contributed by atoms with van der Waals surface area (Å²) in [5.74, 6) is 0. The Morgan fingerprint density at radius 1 is 1.31 bits per heavy atom. The fourth-order valence-electron chi connectivity index (χ4n) is 1.25. The van der Waals surface area contributed by atoms with Crippen LogP contribution in [0.3, 0.4) is 0 Å². The smallest absolute Gasteiger partial charge is 0.191 e. The number of benzene rings is 1. The lowest BCUT2D eigenvalue weighted by Gasteiger charge is -2.21. The van der Waals surface area contributed by atoms with Gasteiger partial charge in [0, 0.05) is 5.69 Å². The predicted octanol–water partition coefficient (Wildman–Crippen LogP) is 3.12. The Kier molecular flexibility index (Phi) is 2.29. The Hall–Kier alpha value is -1.49. The highest BCUT2D eigenvalue weighted by Crippen LogP contribution is 2.32. The molecule has 13 heavy (non-hydrogen) atoms. The molecule has 0 aliphatic rings. The number of rotatable bonds is 0. The number of hydrogen-bond acceptors (Lipinski definition) is 1. The second-order valence-corrected chi connectivity index (χ2v) is 4.14. The van der Waals surface area contributed by atoms with E-state index >= 15 is 0 Å². The van der Waals surface area contributed by atoms with E-state index in [-0.39, 0.29) is 5.41 Å². The minimum Gasteiger partial charge on any atom is -0.399 e. The number of nitrogens with two attached hydrogens (primary N) is 1. The number of hydrogen-bond donors (Lipinski definition) is 1. The molecule has 0 amide bonds. The van der Waals surface area contributed by atoms with Crippen LogP contribution in [0.15, 0.2) is 18.2 Å². The van der Waals surface area contributed by atoms with Gasteiger partial charge >= 0.3 is 0 Å². The second-order valence-electron chi connectivity index (χ2n) is 4.14. The lowest BCUT2D eigenvalue weighted by molar-refractivity contribution is 0.593. The molecule has 1 rings (SSSR count). The van der Waals surface area contributed by atoms with E-state index < -0.39 is 0 Å². The summed E-state index contributed by atoms with van der Waals surface area (Å²) < 4.78 is 0. The molecule has 0 heterocycles. The fourth-order valence-corrected chi connectivity index (χ4v) is 1.25. The van der Waals surface area contributed by atoms with Gasteiger partial charge in [-0.25, -0.2) is 4.85 Å². The van der Waals surface area contributed by atoms with Crippen molar-refractivity contribution in [1.82, 2.24) is 0 Å². The zero-order valence-electron chi connectivity index (χ0n) is 8.26. The summed E-state index contributed by atoms with van der Waals surface area (Å²) in [6.45, 7) is 13.3. The Balaban J connectivity index is 3.35. The molecule has 0 fully saturated rings. The van der Waals surface area contributed by atoms with Crippen LogP contribution < -0.4 is 5.73 Å². The van der Waals surface area contributed by atoms with Gasteiger partial charge in [-0.2, -0.15) is 0 Å². The van der Waals surface area contributed by atoms with Crippen molar-refractivity contribution >= 4 is 11.4 Å². The minimum atomic E-state index is -0.0186. The highest BCUT2D eigenvalue weighted by Gasteiger charge is 2.17. The molecule has 0 bridgehead atoms. The van der Waals surface area contributed by atoms with E-state index in [2.05, 4.69) is 25.6 Å². The van der Waals surface area contributed by atoms with Gasteiger partial charge in [0.05, 0.1) is 6.57 Å². The maximum Gasteiger partial charge on any atom is 0.191 e. The third kappa shape index (κ3) is 2.00. The first-order chi connectivity index (χ1) is 5.95. The first-order valence-electron chi connectivity index (χ1n) is 4.22. The highest BCUT2D eigenvalue weighted by atomic mass is 14.7. The van der Waals surface area contributed by atoms with E-state index in [9.17, 15) is 0 Å². The minimum absolute atomic E-state index is 0.0186. The van der Waals surface area contributed by atoms with Gasteiger partial charge in [0.2, 0.25) is 0 Å². The summed E-state index contributed by atoms with van der Waals surface area (Å²) >= 11 is 0. The van der Waals surface area contributed by atoms with Gasteiger partial charge in [-0.1, -0.05) is 26.8 Å². The van der Waals surface area contributed by atoms with Crippen LogP contribution in [0.4, 0.5) is 11.4 Å². The molecule has 0 unspecified atom stereocenters. The average Bonchev–Trinajstić information content (AvgIpc) is 2.03. The predicted molar refractivity (Wildman–Crippen MR) is 55.8 cm³/mol. The summed E-state index contributed by atoms with van der Waals surface area (Å²) in [7, 11) is 0. The van der Waals surface area contributed by atoms with Gasteiger partial charge in [0.25, 0.3) is 0 Å². The van der Waals surface area contributed by atoms with Gasteiger partial charge in [0.15, 0.2) is 5.69 Å². The van der Waals surface area contributed by atoms with Crippen LogP contribution in [0.2, 0.25) is 0 Å². The van der Waals surface area contributed by atoms with E-state index in [4.69, 9.17) is 12.3 Å². The molecule has 2 nitrogen and oxygen atoms in total. The number of anilines is 1. The molecular formula is C11H14N2. The van der Waals surface area contributed by atoms with Gasteiger partial charge in [-0.05, 0) is 23.1 Å². The SMILES string of the molecule is [C-]#[N+]c1ccc(N)cc1C(C)(C)C. The van der Waals surface area contributed by atoms with E-state index in [1.165, 1.54) is 0 Å². The normalized spacial score (nSPS) is 10.9. The number of nitrogen functional groups attached to an aromatic ring is 1. The molecule has 1 aromatic rings. The zero-order chi connectivity index (χ0) is 10.1. The summed E-state index contributed by atoms with van der Waals surface area (Å²) in [4.78, 5) is 3.47. The molecule has 0 saturated heterocycles. The summed E-state index contributed by atoms with van der Waals surface area (Å²) in [6.07, 6.45) is 0. The molecule has 0 atom stereocenters. The average molecular weight is 174 g/mol. The van der Waals surface area contributed by atoms with Crippen LogP contribution in [0.1, 0.15) is 26.3 Å². The molecule has 0 aliphatic carbocycles. The Morgan fingerprint density at radius 2 is 1.92 bits per heavy atom. The molecule has 2 heteroatoms. The first-order valence-corrected chi connectivity index (χ1v) is 4.22. The van der Waals surface area contributed by atoms with Gasteiger partial charge in [0.1, 0.15) is 0 Å². The van der Waals surface area contributed by atoms with Crippen molar-refractivity contribution in [3.8, 4) is 0 Å². The van der Waals surface area contributed by atoms with Gasteiger partial charge in [-0.3, -0.25) is 0 Å². The Labute approximate surface area is 79.2 Å². The second kappa shape index (κ2) is 3.10. The maximum absolute atomic E-state index is 7.02. The molecule has 2 N–H and O–H groups in total. The largest absolute Gasteiger partial charge is 0.399 e. The quantitative estimate of drug-likeness (QED) is 0.475. The van der Waals surface area contributed by atoms with Crippen LogP contribution in [0, 0.1) is 6.57 Å². The lowest BCUT2D eigenvalue weighted by atomic mass is 9.85. The van der Waals surface area contributed by atoms with Crippen LogP contribution in [-0.4, -0.2) is 0 Å². The molecular weight excluding hydrogens is 160 g/mol. The monoisotopic (exact) mass is 174 g/mol. The van der Waals surface area contributed by atoms with Crippen molar-refractivity contribution in [2.45, 2.75) is 26.2 Å². The van der Waals surface area contributed by atoms with Gasteiger partial charge < -0.3 is 5.73 Å². The molecule has 68 valence electrons. The third-order valence-corrected chi connectivity index (χ3v) is 1.95. The van der Waals surface area contributed by atoms with E-state index in [0.29, 0.717) is 5.69 Å². The zero-order valence-corrected chi connectivity index (χ0v) is 8.26. The van der Waals surface area contributed by atoms with Crippen molar-refractivity contribution < 1.29 is 0 Å². The first kappa shape index (κ1) is 9.60. The Morgan fingerprint density at radius 3 is 2.38 bits per heavy atom. The molecule has 0 saturated carbocycles. The van der Waals surface area contributed by atoms with Crippen LogP contribution in [0.5, 0.6) is 0 Å². The van der Waals surface area contributed by atoms with Crippen LogP contribution in [0.25, 0.3) is 4.85 Å². The molecule has 0 spiro atoms. The molecule has 0 radical (unpaired) electrons. The van der Waals surface area contributed by atoms with Crippen molar-refractivity contribution in [1.29, 1.82) is 0 Å².